The van der Waals surface area contributed by atoms with Gasteiger partial charge in [-0.1, -0.05) is 0 Å². The average molecular weight is 231 g/mol. The highest BCUT2D eigenvalue weighted by molar-refractivity contribution is 5.40. The van der Waals surface area contributed by atoms with E-state index in [1.54, 1.807) is 7.11 Å². The molecule has 0 bridgehead atoms. The monoisotopic (exact) mass is 231 g/mol. The van der Waals surface area contributed by atoms with Crippen LogP contribution < -0.4 is 15.6 Å². The quantitative estimate of drug-likeness (QED) is 0.803. The highest BCUT2D eigenvalue weighted by Gasteiger charge is 2.20. The van der Waals surface area contributed by atoms with E-state index in [0.29, 0.717) is 6.54 Å². The number of nitrogens with one attached hydrogen (secondary N) is 2. The third-order valence-corrected chi connectivity index (χ3v) is 3.03. The van der Waals surface area contributed by atoms with Gasteiger partial charge in [-0.15, -0.1) is 0 Å². The van der Waals surface area contributed by atoms with Crippen LogP contribution in [-0.2, 0) is 13.1 Å². The normalized spacial score (nSPS) is 13.7. The van der Waals surface area contributed by atoms with Crippen molar-refractivity contribution < 1.29 is 4.74 Å². The first kappa shape index (κ1) is 10.2. The Hall–Kier alpha value is -2.01. The first-order valence-electron chi connectivity index (χ1n) is 5.47. The molecule has 0 unspecified atom stereocenters. The number of hydrogen-bond acceptors (Lipinski definition) is 3. The van der Waals surface area contributed by atoms with Crippen LogP contribution in [0.3, 0.4) is 0 Å². The van der Waals surface area contributed by atoms with Gasteiger partial charge >= 0.3 is 0 Å². The van der Waals surface area contributed by atoms with E-state index in [9.17, 15) is 4.79 Å². The van der Waals surface area contributed by atoms with Crippen molar-refractivity contribution in [3.05, 3.63) is 45.9 Å². The summed E-state index contributed by atoms with van der Waals surface area (Å²) in [6.45, 7) is 1.37. The summed E-state index contributed by atoms with van der Waals surface area (Å²) < 4.78 is 6.94. The Bertz CT molecular complexity index is 595. The van der Waals surface area contributed by atoms with Crippen molar-refractivity contribution in [3.63, 3.8) is 0 Å². The maximum absolute atomic E-state index is 11.7. The SMILES string of the molecule is COc1ccc(-n2[nH]c(=O)c3c2CNC3)cc1. The second kappa shape index (κ2) is 3.78. The molecule has 1 aromatic carbocycles. The van der Waals surface area contributed by atoms with Gasteiger partial charge in [0.2, 0.25) is 0 Å². The van der Waals surface area contributed by atoms with Crippen LogP contribution >= 0.6 is 0 Å². The molecule has 0 amide bonds. The van der Waals surface area contributed by atoms with Gasteiger partial charge < -0.3 is 10.1 Å². The van der Waals surface area contributed by atoms with Crippen molar-refractivity contribution in [2.45, 2.75) is 13.1 Å². The van der Waals surface area contributed by atoms with Crippen LogP contribution in [-0.4, -0.2) is 16.9 Å². The minimum absolute atomic E-state index is 0.0131. The number of H-pyrrole nitrogens is 1. The molecule has 88 valence electrons. The van der Waals surface area contributed by atoms with Gasteiger partial charge in [0.15, 0.2) is 0 Å². The zero-order valence-corrected chi connectivity index (χ0v) is 9.49. The van der Waals surface area contributed by atoms with Gasteiger partial charge in [0.1, 0.15) is 5.75 Å². The molecule has 3 rings (SSSR count). The number of methoxy groups -OCH3 is 1. The summed E-state index contributed by atoms with van der Waals surface area (Å²) in [7, 11) is 1.63. The number of aromatic nitrogens is 2. The third-order valence-electron chi connectivity index (χ3n) is 3.03. The van der Waals surface area contributed by atoms with E-state index in [-0.39, 0.29) is 5.56 Å². The van der Waals surface area contributed by atoms with Gasteiger partial charge in [0.05, 0.1) is 24.1 Å². The van der Waals surface area contributed by atoms with E-state index in [4.69, 9.17) is 4.74 Å². The number of benzene rings is 1. The van der Waals surface area contributed by atoms with Crippen molar-refractivity contribution in [2.75, 3.05) is 7.11 Å². The standard InChI is InChI=1S/C12H13N3O2/c1-17-9-4-2-8(3-5-9)15-11-7-13-6-10(11)12(16)14-15/h2-5,13H,6-7H2,1H3,(H,14,16). The molecule has 0 atom stereocenters. The van der Waals surface area contributed by atoms with E-state index in [1.807, 2.05) is 28.9 Å². The Labute approximate surface area is 98.0 Å². The fourth-order valence-corrected chi connectivity index (χ4v) is 2.13. The second-order valence-corrected chi connectivity index (χ2v) is 4.00. The Balaban J connectivity index is 2.09. The fraction of sp³-hybridized carbons (Fsp3) is 0.250. The molecule has 2 aromatic rings. The van der Waals surface area contributed by atoms with E-state index < -0.39 is 0 Å². The third kappa shape index (κ3) is 1.55. The first-order chi connectivity index (χ1) is 8.29. The van der Waals surface area contributed by atoms with Crippen LogP contribution in [0, 0.1) is 0 Å². The molecule has 5 nitrogen and oxygen atoms in total. The molecular formula is C12H13N3O2. The van der Waals surface area contributed by atoms with Gasteiger partial charge in [0.25, 0.3) is 5.56 Å². The van der Waals surface area contributed by atoms with Crippen LogP contribution in [0.1, 0.15) is 11.3 Å². The highest BCUT2D eigenvalue weighted by atomic mass is 16.5. The Kier molecular flexibility index (Phi) is 2.26. The van der Waals surface area contributed by atoms with Crippen LogP contribution in [0.25, 0.3) is 5.69 Å². The lowest BCUT2D eigenvalue weighted by Crippen LogP contribution is -2.13. The van der Waals surface area contributed by atoms with Gasteiger partial charge in [-0.05, 0) is 24.3 Å². The van der Waals surface area contributed by atoms with Crippen molar-refractivity contribution in [1.82, 2.24) is 15.1 Å². The minimum atomic E-state index is -0.0131. The summed E-state index contributed by atoms with van der Waals surface area (Å²) in [5, 5.41) is 6.02. The minimum Gasteiger partial charge on any atom is -0.497 e. The molecule has 17 heavy (non-hydrogen) atoms. The highest BCUT2D eigenvalue weighted by Crippen LogP contribution is 2.18. The topological polar surface area (TPSA) is 59.0 Å². The molecule has 0 spiro atoms. The van der Waals surface area contributed by atoms with Crippen LogP contribution in [0.2, 0.25) is 0 Å². The summed E-state index contributed by atoms with van der Waals surface area (Å²) in [4.78, 5) is 11.7. The van der Waals surface area contributed by atoms with Crippen LogP contribution in [0.15, 0.2) is 29.1 Å². The number of hydrogen-bond donors (Lipinski definition) is 2. The van der Waals surface area contributed by atoms with Crippen LogP contribution in [0.4, 0.5) is 0 Å². The largest absolute Gasteiger partial charge is 0.497 e. The maximum Gasteiger partial charge on any atom is 0.269 e. The van der Waals surface area contributed by atoms with E-state index >= 15 is 0 Å². The summed E-state index contributed by atoms with van der Waals surface area (Å²) in [5.41, 5.74) is 2.77. The molecule has 0 saturated carbocycles. The molecule has 1 aliphatic rings. The maximum atomic E-state index is 11.7. The van der Waals surface area contributed by atoms with E-state index in [0.717, 1.165) is 29.2 Å². The van der Waals surface area contributed by atoms with Crippen molar-refractivity contribution in [1.29, 1.82) is 0 Å². The van der Waals surface area contributed by atoms with Crippen molar-refractivity contribution in [2.24, 2.45) is 0 Å². The zero-order chi connectivity index (χ0) is 11.8. The lowest BCUT2D eigenvalue weighted by Gasteiger charge is -2.07. The summed E-state index contributed by atoms with van der Waals surface area (Å²) in [5.74, 6) is 0.804. The fourth-order valence-electron chi connectivity index (χ4n) is 2.13. The molecule has 1 aliphatic heterocycles. The average Bonchev–Trinajstić information content (AvgIpc) is 2.94. The molecule has 0 radical (unpaired) electrons. The molecule has 0 aliphatic carbocycles. The number of fused-ring (bicyclic) bond motifs is 1. The number of aromatic amines is 1. The number of ether oxygens (including phenoxy) is 1. The van der Waals surface area contributed by atoms with Crippen molar-refractivity contribution in [3.8, 4) is 11.4 Å². The summed E-state index contributed by atoms with van der Waals surface area (Å²) in [6.07, 6.45) is 0. The molecule has 2 heterocycles. The number of rotatable bonds is 2. The summed E-state index contributed by atoms with van der Waals surface area (Å²) >= 11 is 0. The van der Waals surface area contributed by atoms with Crippen molar-refractivity contribution >= 4 is 0 Å². The summed E-state index contributed by atoms with van der Waals surface area (Å²) in [6, 6.07) is 7.60. The predicted octanol–water partition coefficient (Wildman–Crippen LogP) is 0.777. The molecule has 5 heteroatoms. The molecular weight excluding hydrogens is 218 g/mol. The molecule has 0 saturated heterocycles. The molecule has 2 N–H and O–H groups in total. The van der Waals surface area contributed by atoms with Crippen LogP contribution in [0.5, 0.6) is 5.75 Å². The Morgan fingerprint density at radius 3 is 2.71 bits per heavy atom. The van der Waals surface area contributed by atoms with Gasteiger partial charge in [-0.2, -0.15) is 0 Å². The van der Waals surface area contributed by atoms with Gasteiger partial charge in [-0.25, -0.2) is 0 Å². The second-order valence-electron chi connectivity index (χ2n) is 4.00. The van der Waals surface area contributed by atoms with Gasteiger partial charge in [0, 0.05) is 13.1 Å². The van der Waals surface area contributed by atoms with Gasteiger partial charge in [-0.3, -0.25) is 14.6 Å². The Morgan fingerprint density at radius 1 is 1.24 bits per heavy atom. The lowest BCUT2D eigenvalue weighted by atomic mass is 10.2. The number of nitrogens with zero attached hydrogens (tertiary/aromatic N) is 1. The zero-order valence-electron chi connectivity index (χ0n) is 9.49. The predicted molar refractivity (Wildman–Crippen MR) is 63.5 cm³/mol. The Morgan fingerprint density at radius 2 is 2.00 bits per heavy atom. The smallest absolute Gasteiger partial charge is 0.269 e. The molecule has 0 fully saturated rings. The lowest BCUT2D eigenvalue weighted by molar-refractivity contribution is 0.414. The van der Waals surface area contributed by atoms with E-state index in [2.05, 4.69) is 10.4 Å². The molecule has 1 aromatic heterocycles. The first-order valence-corrected chi connectivity index (χ1v) is 5.47. The van der Waals surface area contributed by atoms with E-state index in [1.165, 1.54) is 0 Å².